The summed E-state index contributed by atoms with van der Waals surface area (Å²) in [5.41, 5.74) is 2.62. The van der Waals surface area contributed by atoms with Gasteiger partial charge in [-0.1, -0.05) is 48.6 Å². The molecule has 0 saturated heterocycles. The van der Waals surface area contributed by atoms with E-state index in [4.69, 9.17) is 4.42 Å². The van der Waals surface area contributed by atoms with Crippen LogP contribution in [0.15, 0.2) is 118 Å². The highest BCUT2D eigenvalue weighted by molar-refractivity contribution is 6.04. The fraction of sp³-hybridized carbons (Fsp3) is 0.0345. The third kappa shape index (κ3) is 5.71. The van der Waals surface area contributed by atoms with E-state index in [0.29, 0.717) is 28.5 Å². The van der Waals surface area contributed by atoms with E-state index in [1.54, 1.807) is 60.7 Å². The molecule has 7 nitrogen and oxygen atoms in total. The van der Waals surface area contributed by atoms with Crippen molar-refractivity contribution in [2.45, 2.75) is 6.92 Å². The molecule has 0 radical (unpaired) electrons. The predicted molar refractivity (Wildman–Crippen MR) is 142 cm³/mol. The maximum absolute atomic E-state index is 13.1. The first-order chi connectivity index (χ1) is 17.6. The molecule has 0 atom stereocenters. The maximum atomic E-state index is 13.1. The lowest BCUT2D eigenvalue weighted by atomic mass is 10.1. The number of allylic oxidation sites excluding steroid dienone is 3. The zero-order chi connectivity index (χ0) is 25.3. The Kier molecular flexibility index (Phi) is 7.63. The Morgan fingerprint density at radius 2 is 1.56 bits per heavy atom. The van der Waals surface area contributed by atoms with Crippen molar-refractivity contribution < 1.29 is 14.0 Å². The summed E-state index contributed by atoms with van der Waals surface area (Å²) >= 11 is 0. The summed E-state index contributed by atoms with van der Waals surface area (Å²) in [6, 6.07) is 25.3. The van der Waals surface area contributed by atoms with E-state index in [2.05, 4.69) is 27.3 Å². The fourth-order valence-corrected chi connectivity index (χ4v) is 3.37. The minimum Gasteiger partial charge on any atom is -0.435 e. The van der Waals surface area contributed by atoms with E-state index < -0.39 is 5.91 Å². The van der Waals surface area contributed by atoms with Gasteiger partial charge in [-0.05, 0) is 68.2 Å². The summed E-state index contributed by atoms with van der Waals surface area (Å²) in [5.74, 6) is 0.184. The molecule has 2 amide bonds. The lowest BCUT2D eigenvalue weighted by Crippen LogP contribution is -2.22. The van der Waals surface area contributed by atoms with Crippen LogP contribution in [0.1, 0.15) is 27.8 Å². The topological polar surface area (TPSA) is 96.6 Å². The van der Waals surface area contributed by atoms with Crippen LogP contribution in [0.5, 0.6) is 0 Å². The molecule has 7 heteroatoms. The van der Waals surface area contributed by atoms with Gasteiger partial charge in [-0.3, -0.25) is 9.59 Å². The number of rotatable bonds is 8. The molecule has 0 unspecified atom stereocenters. The van der Waals surface area contributed by atoms with Crippen LogP contribution in [0, 0.1) is 0 Å². The molecule has 1 heterocycles. The van der Waals surface area contributed by atoms with E-state index in [-0.39, 0.29) is 17.4 Å². The molecule has 0 bridgehead atoms. The Morgan fingerprint density at radius 3 is 2.19 bits per heavy atom. The molecule has 36 heavy (non-hydrogen) atoms. The largest absolute Gasteiger partial charge is 0.435 e. The molecule has 0 fully saturated rings. The van der Waals surface area contributed by atoms with Crippen LogP contribution in [0.4, 0.5) is 5.69 Å². The van der Waals surface area contributed by atoms with E-state index in [1.165, 1.54) is 0 Å². The zero-order valence-electron chi connectivity index (χ0n) is 19.6. The molecule has 0 aliphatic rings. The number of benzene rings is 3. The zero-order valence-corrected chi connectivity index (χ0v) is 19.6. The lowest BCUT2D eigenvalue weighted by molar-refractivity contribution is 0.0960. The molecular weight excluding hydrogens is 452 g/mol. The van der Waals surface area contributed by atoms with Gasteiger partial charge in [0.2, 0.25) is 5.89 Å². The Hall–Kier alpha value is -5.04. The second-order valence-corrected chi connectivity index (χ2v) is 7.65. The summed E-state index contributed by atoms with van der Waals surface area (Å²) in [6.07, 6.45) is 5.18. The van der Waals surface area contributed by atoms with Crippen molar-refractivity contribution in [3.05, 3.63) is 120 Å². The molecule has 0 saturated carbocycles. The average molecular weight is 477 g/mol. The first-order valence-corrected chi connectivity index (χ1v) is 11.2. The van der Waals surface area contributed by atoms with Gasteiger partial charge in [0.1, 0.15) is 5.82 Å². The number of nitrogens with one attached hydrogen (secondary N) is 2. The van der Waals surface area contributed by atoms with Crippen LogP contribution in [-0.4, -0.2) is 23.5 Å². The Bertz CT molecular complexity index is 1420. The molecule has 0 spiro atoms. The van der Waals surface area contributed by atoms with Crippen LogP contribution >= 0.6 is 0 Å². The maximum Gasteiger partial charge on any atom is 0.279 e. The summed E-state index contributed by atoms with van der Waals surface area (Å²) in [7, 11) is 0. The fourth-order valence-electron chi connectivity index (χ4n) is 3.37. The van der Waals surface area contributed by atoms with Crippen molar-refractivity contribution >= 4 is 24.2 Å². The van der Waals surface area contributed by atoms with Crippen LogP contribution in [0.2, 0.25) is 0 Å². The number of carbonyl (C=O) groups excluding carboxylic acids is 2. The number of aromatic nitrogens is 1. The molecule has 4 rings (SSSR count). The van der Waals surface area contributed by atoms with Crippen LogP contribution in [-0.2, 0) is 0 Å². The Labute approximate surface area is 208 Å². The van der Waals surface area contributed by atoms with E-state index >= 15 is 0 Å². The van der Waals surface area contributed by atoms with Gasteiger partial charge in [-0.15, -0.1) is 0 Å². The number of amides is 2. The minimum absolute atomic E-state index is 0.102. The third-order valence-corrected chi connectivity index (χ3v) is 5.16. The van der Waals surface area contributed by atoms with E-state index in [9.17, 15) is 9.59 Å². The van der Waals surface area contributed by atoms with Crippen molar-refractivity contribution in [2.75, 3.05) is 5.32 Å². The molecular formula is C29H24N4O3. The van der Waals surface area contributed by atoms with Gasteiger partial charge in [-0.2, -0.15) is 0 Å². The van der Waals surface area contributed by atoms with Crippen molar-refractivity contribution in [1.82, 2.24) is 10.3 Å². The van der Waals surface area contributed by atoms with E-state index in [0.717, 1.165) is 5.56 Å². The number of oxazole rings is 1. The molecule has 0 aliphatic carbocycles. The molecule has 0 aliphatic heterocycles. The van der Waals surface area contributed by atoms with E-state index in [1.807, 2.05) is 49.4 Å². The number of hydrogen-bond donors (Lipinski definition) is 2. The number of nitrogens with zero attached hydrogens (tertiary/aromatic N) is 2. The average Bonchev–Trinajstić information content (AvgIpc) is 3.38. The smallest absolute Gasteiger partial charge is 0.279 e. The number of anilines is 1. The minimum atomic E-state index is -0.486. The Balaban J connectivity index is 1.65. The molecule has 2 N–H and O–H groups in total. The van der Waals surface area contributed by atoms with Gasteiger partial charge in [0.25, 0.3) is 11.8 Å². The van der Waals surface area contributed by atoms with Crippen LogP contribution in [0.3, 0.4) is 0 Å². The summed E-state index contributed by atoms with van der Waals surface area (Å²) in [5, 5.41) is 5.57. The quantitative estimate of drug-likeness (QED) is 0.237. The summed E-state index contributed by atoms with van der Waals surface area (Å²) in [6.45, 7) is 5.36. The molecule has 3 aromatic carbocycles. The second kappa shape index (κ2) is 11.4. The van der Waals surface area contributed by atoms with Crippen LogP contribution in [0.25, 0.3) is 22.8 Å². The lowest BCUT2D eigenvalue weighted by Gasteiger charge is -2.07. The first-order valence-electron chi connectivity index (χ1n) is 11.2. The van der Waals surface area contributed by atoms with Crippen molar-refractivity contribution in [1.29, 1.82) is 0 Å². The summed E-state index contributed by atoms with van der Waals surface area (Å²) in [4.78, 5) is 33.9. The van der Waals surface area contributed by atoms with Crippen molar-refractivity contribution in [3.63, 3.8) is 0 Å². The monoisotopic (exact) mass is 476 g/mol. The second-order valence-electron chi connectivity index (χ2n) is 7.65. The SMILES string of the molecule is C=N/C(=C\C=C/C)NC(=O)c1nc(-c2ccccc2)oc1-c1ccc(NC(=O)c2ccccc2)cc1. The van der Waals surface area contributed by atoms with Gasteiger partial charge in [0.15, 0.2) is 11.5 Å². The molecule has 178 valence electrons. The van der Waals surface area contributed by atoms with Gasteiger partial charge >= 0.3 is 0 Å². The van der Waals surface area contributed by atoms with Crippen LogP contribution < -0.4 is 10.6 Å². The molecule has 1 aromatic heterocycles. The normalized spacial score (nSPS) is 11.3. The standard InChI is InChI=1S/C29H24N4O3/c1-3-4-15-24(30-2)32-28(35)25-26(36-29(33-25)22-13-9-6-10-14-22)20-16-18-23(19-17-20)31-27(34)21-11-7-5-8-12-21/h3-19H,2H2,1H3,(H,31,34)(H,32,35)/b4-3-,24-15+. The highest BCUT2D eigenvalue weighted by atomic mass is 16.4. The number of carbonyl (C=O) groups is 2. The summed E-state index contributed by atoms with van der Waals surface area (Å²) < 4.78 is 6.06. The van der Waals surface area contributed by atoms with Gasteiger partial charge in [0, 0.05) is 22.4 Å². The molecule has 4 aromatic rings. The number of aliphatic imine (C=N–C) groups is 1. The highest BCUT2D eigenvalue weighted by Gasteiger charge is 2.23. The van der Waals surface area contributed by atoms with Crippen molar-refractivity contribution in [2.24, 2.45) is 4.99 Å². The van der Waals surface area contributed by atoms with Crippen molar-refractivity contribution in [3.8, 4) is 22.8 Å². The van der Waals surface area contributed by atoms with Gasteiger partial charge in [0.05, 0.1) is 0 Å². The highest BCUT2D eigenvalue weighted by Crippen LogP contribution is 2.31. The first kappa shape index (κ1) is 24.1. The van der Waals surface area contributed by atoms with Gasteiger partial charge in [-0.25, -0.2) is 9.98 Å². The third-order valence-electron chi connectivity index (χ3n) is 5.16. The number of hydrogen-bond acceptors (Lipinski definition) is 5. The predicted octanol–water partition coefficient (Wildman–Crippen LogP) is 6.11. The Morgan fingerprint density at radius 1 is 0.889 bits per heavy atom. The van der Waals surface area contributed by atoms with Gasteiger partial charge < -0.3 is 15.1 Å².